The molecule has 0 amide bonds. The number of hydrogen-bond acceptors (Lipinski definition) is 3. The van der Waals surface area contributed by atoms with Gasteiger partial charge in [0.15, 0.2) is 0 Å². The van der Waals surface area contributed by atoms with Crippen LogP contribution < -0.4 is 5.90 Å². The summed E-state index contributed by atoms with van der Waals surface area (Å²) in [6, 6.07) is 6.11. The summed E-state index contributed by atoms with van der Waals surface area (Å²) in [5.74, 6) is 4.60. The van der Waals surface area contributed by atoms with E-state index in [2.05, 4.69) is 4.84 Å². The fraction of sp³-hybridized carbons (Fsp3) is 0.417. The maximum absolute atomic E-state index is 11.1. The smallest absolute Gasteiger partial charge is 0.325 e. The molecule has 0 aromatic heterocycles. The van der Waals surface area contributed by atoms with Crippen molar-refractivity contribution in [2.75, 3.05) is 0 Å². The van der Waals surface area contributed by atoms with E-state index < -0.39 is 0 Å². The van der Waals surface area contributed by atoms with E-state index in [1.54, 1.807) is 0 Å². The lowest BCUT2D eigenvalue weighted by Crippen LogP contribution is -2.13. The number of carbonyl (C=O) groups is 1. The summed E-state index contributed by atoms with van der Waals surface area (Å²) in [4.78, 5) is 15.3. The fourth-order valence-electron chi connectivity index (χ4n) is 2.00. The van der Waals surface area contributed by atoms with Gasteiger partial charge in [0, 0.05) is 0 Å². The van der Waals surface area contributed by atoms with Gasteiger partial charge in [0.2, 0.25) is 0 Å². The zero-order valence-corrected chi connectivity index (χ0v) is 9.41. The van der Waals surface area contributed by atoms with Gasteiger partial charge >= 0.3 is 5.97 Å². The van der Waals surface area contributed by atoms with E-state index in [-0.39, 0.29) is 11.9 Å². The predicted molar refractivity (Wildman–Crippen MR) is 59.2 cm³/mol. The van der Waals surface area contributed by atoms with Crippen LogP contribution in [0.15, 0.2) is 18.2 Å². The van der Waals surface area contributed by atoms with Crippen molar-refractivity contribution in [1.82, 2.24) is 0 Å². The third-order valence-electron chi connectivity index (χ3n) is 2.64. The molecule has 0 aliphatic heterocycles. The first kappa shape index (κ1) is 11.7. The minimum absolute atomic E-state index is 0.141. The van der Waals surface area contributed by atoms with Crippen molar-refractivity contribution in [2.45, 2.75) is 33.1 Å². The first-order chi connectivity index (χ1) is 7.06. The molecule has 82 valence electrons. The highest BCUT2D eigenvalue weighted by atomic mass is 16.7. The van der Waals surface area contributed by atoms with Crippen LogP contribution in [-0.2, 0) is 9.63 Å². The summed E-state index contributed by atoms with van der Waals surface area (Å²) in [7, 11) is 0. The molecule has 0 fully saturated rings. The minimum Gasteiger partial charge on any atom is -0.373 e. The van der Waals surface area contributed by atoms with E-state index in [4.69, 9.17) is 5.90 Å². The molecule has 0 saturated heterocycles. The Balaban J connectivity index is 2.90. The highest BCUT2D eigenvalue weighted by Crippen LogP contribution is 2.26. The van der Waals surface area contributed by atoms with Crippen molar-refractivity contribution in [3.63, 3.8) is 0 Å². The van der Waals surface area contributed by atoms with E-state index in [1.807, 2.05) is 39.0 Å². The lowest BCUT2D eigenvalue weighted by Gasteiger charge is -2.16. The highest BCUT2D eigenvalue weighted by molar-refractivity contribution is 5.70. The van der Waals surface area contributed by atoms with Crippen molar-refractivity contribution in [3.8, 4) is 0 Å². The van der Waals surface area contributed by atoms with Crippen LogP contribution in [0.5, 0.6) is 0 Å². The molecule has 3 nitrogen and oxygen atoms in total. The molecule has 0 spiro atoms. The van der Waals surface area contributed by atoms with Crippen molar-refractivity contribution in [2.24, 2.45) is 5.90 Å². The molecule has 0 aliphatic carbocycles. The normalized spacial score (nSPS) is 12.3. The summed E-state index contributed by atoms with van der Waals surface area (Å²) < 4.78 is 0. The zero-order valence-electron chi connectivity index (χ0n) is 9.41. The van der Waals surface area contributed by atoms with E-state index >= 15 is 0 Å². The predicted octanol–water partition coefficient (Wildman–Crippen LogP) is 2.21. The van der Waals surface area contributed by atoms with Gasteiger partial charge in [-0.25, -0.2) is 0 Å². The summed E-state index contributed by atoms with van der Waals surface area (Å²) in [5, 5.41) is 0. The molecule has 1 aromatic rings. The molecule has 1 atom stereocenters. The number of hydrogen-bond donors (Lipinski definition) is 1. The lowest BCUT2D eigenvalue weighted by atomic mass is 9.90. The van der Waals surface area contributed by atoms with Gasteiger partial charge in [-0.2, -0.15) is 5.90 Å². The van der Waals surface area contributed by atoms with Crippen molar-refractivity contribution < 1.29 is 9.63 Å². The molecule has 15 heavy (non-hydrogen) atoms. The van der Waals surface area contributed by atoms with Crippen molar-refractivity contribution >= 4 is 5.97 Å². The van der Waals surface area contributed by atoms with Gasteiger partial charge in [0.05, 0.1) is 6.42 Å². The highest BCUT2D eigenvalue weighted by Gasteiger charge is 2.15. The monoisotopic (exact) mass is 207 g/mol. The second-order valence-corrected chi connectivity index (χ2v) is 3.90. The lowest BCUT2D eigenvalue weighted by molar-refractivity contribution is -0.144. The minimum atomic E-state index is -0.370. The SMILES string of the molecule is Cc1cccc(C)c1C(C)CC(=O)ON. The van der Waals surface area contributed by atoms with Gasteiger partial charge in [-0.15, -0.1) is 0 Å². The summed E-state index contributed by atoms with van der Waals surface area (Å²) in [6.07, 6.45) is 0.322. The molecule has 0 radical (unpaired) electrons. The van der Waals surface area contributed by atoms with Crippen LogP contribution in [0.4, 0.5) is 0 Å². The van der Waals surface area contributed by atoms with Crippen LogP contribution in [0.25, 0.3) is 0 Å². The molecular formula is C12H17NO2. The number of benzene rings is 1. The molecule has 0 saturated carbocycles. The zero-order chi connectivity index (χ0) is 11.4. The van der Waals surface area contributed by atoms with Gasteiger partial charge in [-0.3, -0.25) is 4.79 Å². The molecule has 0 aliphatic rings. The molecule has 0 bridgehead atoms. The number of aryl methyl sites for hydroxylation is 2. The van der Waals surface area contributed by atoms with E-state index in [1.165, 1.54) is 16.7 Å². The summed E-state index contributed by atoms with van der Waals surface area (Å²) >= 11 is 0. The van der Waals surface area contributed by atoms with E-state index in [0.717, 1.165) is 0 Å². The van der Waals surface area contributed by atoms with Crippen LogP contribution in [0, 0.1) is 13.8 Å². The molecule has 1 aromatic carbocycles. The van der Waals surface area contributed by atoms with Gasteiger partial charge in [0.25, 0.3) is 0 Å². The van der Waals surface area contributed by atoms with Crippen molar-refractivity contribution in [3.05, 3.63) is 34.9 Å². The number of rotatable bonds is 3. The average Bonchev–Trinajstić information content (AvgIpc) is 2.17. The number of carbonyl (C=O) groups excluding carboxylic acids is 1. The largest absolute Gasteiger partial charge is 0.373 e. The standard InChI is InChI=1S/C12H17NO2/c1-8-5-4-6-9(2)12(8)10(3)7-11(14)15-13/h4-6,10H,7,13H2,1-3H3. The van der Waals surface area contributed by atoms with Crippen LogP contribution in [0.1, 0.15) is 36.0 Å². The van der Waals surface area contributed by atoms with Gasteiger partial charge in [0.1, 0.15) is 0 Å². The second kappa shape index (κ2) is 4.94. The van der Waals surface area contributed by atoms with Crippen LogP contribution in [0.3, 0.4) is 0 Å². The third-order valence-corrected chi connectivity index (χ3v) is 2.64. The van der Waals surface area contributed by atoms with Gasteiger partial charge < -0.3 is 4.84 Å². The molecule has 1 unspecified atom stereocenters. The fourth-order valence-corrected chi connectivity index (χ4v) is 2.00. The van der Waals surface area contributed by atoms with Gasteiger partial charge in [-0.05, 0) is 36.5 Å². The summed E-state index contributed by atoms with van der Waals surface area (Å²) in [5.41, 5.74) is 3.61. The maximum atomic E-state index is 11.1. The maximum Gasteiger partial charge on any atom is 0.325 e. The van der Waals surface area contributed by atoms with E-state index in [9.17, 15) is 4.79 Å². The van der Waals surface area contributed by atoms with Crippen LogP contribution >= 0.6 is 0 Å². The Labute approximate surface area is 90.2 Å². The first-order valence-corrected chi connectivity index (χ1v) is 5.02. The topological polar surface area (TPSA) is 52.3 Å². The quantitative estimate of drug-likeness (QED) is 0.773. The summed E-state index contributed by atoms with van der Waals surface area (Å²) in [6.45, 7) is 6.10. The molecule has 0 heterocycles. The van der Waals surface area contributed by atoms with Gasteiger partial charge in [-0.1, -0.05) is 25.1 Å². The Morgan fingerprint density at radius 3 is 2.40 bits per heavy atom. The third kappa shape index (κ3) is 2.80. The van der Waals surface area contributed by atoms with Crippen LogP contribution in [0.2, 0.25) is 0 Å². The van der Waals surface area contributed by atoms with Crippen LogP contribution in [-0.4, -0.2) is 5.97 Å². The van der Waals surface area contributed by atoms with Crippen molar-refractivity contribution in [1.29, 1.82) is 0 Å². The molecule has 3 heteroatoms. The Hall–Kier alpha value is -1.35. The van der Waals surface area contributed by atoms with E-state index in [0.29, 0.717) is 6.42 Å². The Morgan fingerprint density at radius 1 is 1.40 bits per heavy atom. The molecular weight excluding hydrogens is 190 g/mol. The Bertz CT molecular complexity index is 340. The second-order valence-electron chi connectivity index (χ2n) is 3.90. The average molecular weight is 207 g/mol. The Kier molecular flexibility index (Phi) is 3.86. The number of nitrogens with two attached hydrogens (primary N) is 1. The molecule has 2 N–H and O–H groups in total. The molecule has 1 rings (SSSR count). The Morgan fingerprint density at radius 2 is 1.93 bits per heavy atom. The first-order valence-electron chi connectivity index (χ1n) is 5.02.